The first-order chi connectivity index (χ1) is 9.97. The van der Waals surface area contributed by atoms with Crippen LogP contribution in [0.5, 0.6) is 0 Å². The largest absolute Gasteiger partial charge is 0.461 e. The second-order valence-corrected chi connectivity index (χ2v) is 5.12. The van der Waals surface area contributed by atoms with E-state index in [1.165, 1.54) is 5.56 Å². The second kappa shape index (κ2) is 8.30. The van der Waals surface area contributed by atoms with E-state index in [1.54, 1.807) is 0 Å². The smallest absolute Gasteiger partial charge is 0.354 e. The summed E-state index contributed by atoms with van der Waals surface area (Å²) in [6, 6.07) is 8.32. The van der Waals surface area contributed by atoms with Gasteiger partial charge in [0, 0.05) is 13.6 Å². The van der Waals surface area contributed by atoms with Gasteiger partial charge in [-0.05, 0) is 39.3 Å². The Labute approximate surface area is 127 Å². The number of carbonyl (C=O) groups is 1. The quantitative estimate of drug-likeness (QED) is 0.452. The van der Waals surface area contributed by atoms with Crippen molar-refractivity contribution in [1.29, 1.82) is 0 Å². The van der Waals surface area contributed by atoms with Crippen molar-refractivity contribution in [3.05, 3.63) is 58.8 Å². The zero-order valence-corrected chi connectivity index (χ0v) is 13.6. The molecule has 114 valence electrons. The average molecular weight is 287 g/mol. The molecule has 1 rings (SSSR count). The number of allylic oxidation sites excluding steroid dienone is 3. The highest BCUT2D eigenvalue weighted by Crippen LogP contribution is 2.14. The third kappa shape index (κ3) is 5.46. The van der Waals surface area contributed by atoms with E-state index >= 15 is 0 Å². The van der Waals surface area contributed by atoms with Gasteiger partial charge in [0.2, 0.25) is 0 Å². The average Bonchev–Trinajstić information content (AvgIpc) is 2.46. The van der Waals surface area contributed by atoms with Crippen LogP contribution in [-0.2, 0) is 16.1 Å². The fourth-order valence-corrected chi connectivity index (χ4v) is 1.88. The highest BCUT2D eigenvalue weighted by molar-refractivity contribution is 5.88. The van der Waals surface area contributed by atoms with Crippen LogP contribution in [0.1, 0.15) is 31.9 Å². The number of benzene rings is 1. The van der Waals surface area contributed by atoms with Crippen LogP contribution in [-0.4, -0.2) is 24.5 Å². The van der Waals surface area contributed by atoms with Gasteiger partial charge in [0.25, 0.3) is 0 Å². The number of hydrogen-bond donors (Lipinski definition) is 0. The van der Waals surface area contributed by atoms with Crippen molar-refractivity contribution < 1.29 is 9.53 Å². The Morgan fingerprint density at radius 1 is 1.29 bits per heavy atom. The Bertz CT molecular complexity index is 527. The van der Waals surface area contributed by atoms with Crippen LogP contribution in [0, 0.1) is 6.92 Å². The number of ether oxygens (including phenoxy) is 1. The van der Waals surface area contributed by atoms with E-state index in [0.717, 1.165) is 11.1 Å². The predicted octanol–water partition coefficient (Wildman–Crippen LogP) is 3.84. The molecule has 3 nitrogen and oxygen atoms in total. The van der Waals surface area contributed by atoms with Crippen molar-refractivity contribution >= 4 is 5.97 Å². The molecule has 0 aliphatic carbocycles. The number of hydrogen-bond acceptors (Lipinski definition) is 3. The van der Waals surface area contributed by atoms with Crippen molar-refractivity contribution in [2.24, 2.45) is 0 Å². The van der Waals surface area contributed by atoms with Crippen molar-refractivity contribution in [3.8, 4) is 0 Å². The van der Waals surface area contributed by atoms with Gasteiger partial charge in [-0.2, -0.15) is 0 Å². The van der Waals surface area contributed by atoms with Gasteiger partial charge in [0.05, 0.1) is 6.61 Å². The maximum absolute atomic E-state index is 12.1. The lowest BCUT2D eigenvalue weighted by molar-refractivity contribution is -0.140. The second-order valence-electron chi connectivity index (χ2n) is 5.12. The van der Waals surface area contributed by atoms with Crippen LogP contribution in [0.15, 0.2) is 47.7 Å². The minimum Gasteiger partial charge on any atom is -0.461 e. The number of carbonyl (C=O) groups excluding carboxylic acids is 1. The summed E-state index contributed by atoms with van der Waals surface area (Å²) in [7, 11) is 1.91. The molecule has 0 atom stereocenters. The number of likely N-dealkylation sites (N-methyl/N-ethyl adjacent to an activating group) is 1. The van der Waals surface area contributed by atoms with Gasteiger partial charge >= 0.3 is 5.97 Å². The van der Waals surface area contributed by atoms with E-state index in [9.17, 15) is 4.79 Å². The Hall–Kier alpha value is -2.03. The van der Waals surface area contributed by atoms with Gasteiger partial charge in [-0.1, -0.05) is 41.5 Å². The minimum absolute atomic E-state index is 0.284. The lowest BCUT2D eigenvalue weighted by atomic mass is 10.1. The molecular weight excluding hydrogens is 262 g/mol. The van der Waals surface area contributed by atoms with Crippen molar-refractivity contribution in [3.63, 3.8) is 0 Å². The number of esters is 1. The fraction of sp³-hybridized carbons (Fsp3) is 0.389. The molecule has 1 aromatic carbocycles. The molecule has 0 radical (unpaired) electrons. The van der Waals surface area contributed by atoms with Crippen LogP contribution in [0.25, 0.3) is 0 Å². The molecule has 1 aromatic rings. The first kappa shape index (κ1) is 17.0. The normalized spacial score (nSPS) is 12.2. The molecule has 0 aliphatic rings. The molecule has 0 aliphatic heterocycles. The third-order valence-corrected chi connectivity index (χ3v) is 3.26. The SMILES string of the molecule is C/C=C(C)\C=C(\C(=O)OCC)N(C)Cc1ccc(C)cc1. The van der Waals surface area contributed by atoms with Gasteiger partial charge in [-0.3, -0.25) is 0 Å². The summed E-state index contributed by atoms with van der Waals surface area (Å²) in [5.74, 6) is -0.284. The van der Waals surface area contributed by atoms with E-state index in [0.29, 0.717) is 18.8 Å². The molecule has 0 saturated heterocycles. The molecule has 0 bridgehead atoms. The molecule has 21 heavy (non-hydrogen) atoms. The van der Waals surface area contributed by atoms with E-state index in [2.05, 4.69) is 31.2 Å². The number of nitrogens with zero attached hydrogens (tertiary/aromatic N) is 1. The van der Waals surface area contributed by atoms with Gasteiger partial charge in [-0.15, -0.1) is 0 Å². The van der Waals surface area contributed by atoms with E-state index in [-0.39, 0.29) is 5.97 Å². The molecule has 0 unspecified atom stereocenters. The summed E-state index contributed by atoms with van der Waals surface area (Å²) in [6.07, 6.45) is 3.84. The number of rotatable bonds is 6. The maximum Gasteiger partial charge on any atom is 0.354 e. The Kier molecular flexibility index (Phi) is 6.73. The molecule has 0 fully saturated rings. The van der Waals surface area contributed by atoms with E-state index in [4.69, 9.17) is 4.74 Å². The lowest BCUT2D eigenvalue weighted by Crippen LogP contribution is -2.25. The van der Waals surface area contributed by atoms with Gasteiger partial charge < -0.3 is 9.64 Å². The molecule has 0 saturated carbocycles. The van der Waals surface area contributed by atoms with Crippen molar-refractivity contribution in [1.82, 2.24) is 4.90 Å². The zero-order chi connectivity index (χ0) is 15.8. The van der Waals surface area contributed by atoms with Crippen molar-refractivity contribution in [2.75, 3.05) is 13.7 Å². The van der Waals surface area contributed by atoms with E-state index < -0.39 is 0 Å². The molecule has 0 spiro atoms. The lowest BCUT2D eigenvalue weighted by Gasteiger charge is -2.21. The molecule has 0 heterocycles. The van der Waals surface area contributed by atoms with Crippen LogP contribution in [0.2, 0.25) is 0 Å². The monoisotopic (exact) mass is 287 g/mol. The van der Waals surface area contributed by atoms with Gasteiger partial charge in [0.15, 0.2) is 0 Å². The van der Waals surface area contributed by atoms with Gasteiger partial charge in [-0.25, -0.2) is 4.79 Å². The predicted molar refractivity (Wildman–Crippen MR) is 86.8 cm³/mol. The van der Waals surface area contributed by atoms with Crippen LogP contribution >= 0.6 is 0 Å². The highest BCUT2D eigenvalue weighted by Gasteiger charge is 2.15. The maximum atomic E-state index is 12.1. The Balaban J connectivity index is 2.94. The molecule has 0 N–H and O–H groups in total. The zero-order valence-electron chi connectivity index (χ0n) is 13.6. The molecule has 3 heteroatoms. The molecule has 0 aromatic heterocycles. The summed E-state index contributed by atoms with van der Waals surface area (Å²) in [5.41, 5.74) is 4.01. The summed E-state index contributed by atoms with van der Waals surface area (Å²) in [4.78, 5) is 14.0. The first-order valence-corrected chi connectivity index (χ1v) is 7.26. The summed E-state index contributed by atoms with van der Waals surface area (Å²) >= 11 is 0. The van der Waals surface area contributed by atoms with E-state index in [1.807, 2.05) is 44.9 Å². The number of aryl methyl sites for hydroxylation is 1. The fourth-order valence-electron chi connectivity index (χ4n) is 1.88. The topological polar surface area (TPSA) is 29.5 Å². The van der Waals surface area contributed by atoms with Crippen LogP contribution < -0.4 is 0 Å². The molecular formula is C18H25NO2. The summed E-state index contributed by atoms with van der Waals surface area (Å²) in [5, 5.41) is 0. The summed E-state index contributed by atoms with van der Waals surface area (Å²) in [6.45, 7) is 8.85. The van der Waals surface area contributed by atoms with Crippen LogP contribution in [0.3, 0.4) is 0 Å². The van der Waals surface area contributed by atoms with Crippen LogP contribution in [0.4, 0.5) is 0 Å². The first-order valence-electron chi connectivity index (χ1n) is 7.26. The van der Waals surface area contributed by atoms with Gasteiger partial charge in [0.1, 0.15) is 5.70 Å². The Morgan fingerprint density at radius 3 is 2.43 bits per heavy atom. The standard InChI is InChI=1S/C18H25NO2/c1-6-14(3)12-17(18(20)21-7-2)19(5)13-16-10-8-15(4)9-11-16/h6,8-12H,7,13H2,1-5H3/b14-6-,17-12-. The van der Waals surface area contributed by atoms with Crippen molar-refractivity contribution in [2.45, 2.75) is 34.2 Å². The summed E-state index contributed by atoms with van der Waals surface area (Å²) < 4.78 is 5.15. The molecule has 0 amide bonds. The highest BCUT2D eigenvalue weighted by atomic mass is 16.5. The third-order valence-electron chi connectivity index (χ3n) is 3.26. The Morgan fingerprint density at radius 2 is 1.90 bits per heavy atom. The minimum atomic E-state index is -0.284.